The number of ether oxygens (including phenoxy) is 1. The molecular formula is C21H27N3O5S2. The largest absolute Gasteiger partial charge is 0.495 e. The van der Waals surface area contributed by atoms with Crippen LogP contribution in [0.25, 0.3) is 0 Å². The average Bonchev–Trinajstić information content (AvgIpc) is 2.75. The van der Waals surface area contributed by atoms with Gasteiger partial charge >= 0.3 is 0 Å². The van der Waals surface area contributed by atoms with Crippen LogP contribution in [-0.4, -0.2) is 63.1 Å². The van der Waals surface area contributed by atoms with Crippen LogP contribution in [0.1, 0.15) is 24.2 Å². The summed E-state index contributed by atoms with van der Waals surface area (Å²) in [6, 6.07) is 11.2. The second-order valence-corrected chi connectivity index (χ2v) is 9.57. The van der Waals surface area contributed by atoms with E-state index < -0.39 is 15.9 Å². The summed E-state index contributed by atoms with van der Waals surface area (Å²) in [5, 5.41) is 2.58. The van der Waals surface area contributed by atoms with E-state index in [9.17, 15) is 18.0 Å². The summed E-state index contributed by atoms with van der Waals surface area (Å²) in [5.74, 6) is -0.333. The number of rotatable bonds is 8. The zero-order chi connectivity index (χ0) is 23.2. The summed E-state index contributed by atoms with van der Waals surface area (Å²) in [6.45, 7) is 4.08. The summed E-state index contributed by atoms with van der Waals surface area (Å²) < 4.78 is 32.6. The Kier molecular flexibility index (Phi) is 8.49. The molecule has 0 saturated carbocycles. The van der Waals surface area contributed by atoms with Crippen molar-refractivity contribution in [2.45, 2.75) is 23.6 Å². The Morgan fingerprint density at radius 3 is 2.29 bits per heavy atom. The van der Waals surface area contributed by atoms with Crippen LogP contribution in [0.4, 0.5) is 10.5 Å². The van der Waals surface area contributed by atoms with Crippen molar-refractivity contribution in [3.63, 3.8) is 0 Å². The van der Waals surface area contributed by atoms with Gasteiger partial charge in [0.25, 0.3) is 11.1 Å². The summed E-state index contributed by atoms with van der Waals surface area (Å²) in [4.78, 5) is 26.9. The number of methoxy groups -OCH3 is 1. The minimum atomic E-state index is -3.83. The molecular weight excluding hydrogens is 438 g/mol. The topological polar surface area (TPSA) is 96.0 Å². The van der Waals surface area contributed by atoms with Crippen LogP contribution in [0, 0.1) is 0 Å². The van der Waals surface area contributed by atoms with Crippen molar-refractivity contribution in [1.29, 1.82) is 0 Å². The molecule has 0 radical (unpaired) electrons. The van der Waals surface area contributed by atoms with Gasteiger partial charge in [0.2, 0.25) is 10.0 Å². The van der Waals surface area contributed by atoms with Gasteiger partial charge in [-0.05, 0) is 42.1 Å². The van der Waals surface area contributed by atoms with Crippen LogP contribution < -0.4 is 10.1 Å². The van der Waals surface area contributed by atoms with Gasteiger partial charge in [-0.2, -0.15) is 4.31 Å². The van der Waals surface area contributed by atoms with E-state index in [-0.39, 0.29) is 21.4 Å². The standard InChI is InChI=1S/C21H27N3O5S2/c1-6-24(7-2)31(27,28)19-14-15(12-13-17(19)29-5)20(25)22-16-10-8-9-11-18(16)30-21(26)23(3)4/h8-14H,6-7H2,1-5H3,(H,22,25). The van der Waals surface area contributed by atoms with Crippen molar-refractivity contribution in [3.8, 4) is 5.75 Å². The molecule has 0 bridgehead atoms. The molecule has 0 aliphatic rings. The molecule has 2 aromatic carbocycles. The molecule has 0 spiro atoms. The highest BCUT2D eigenvalue weighted by molar-refractivity contribution is 8.13. The maximum Gasteiger partial charge on any atom is 0.286 e. The summed E-state index contributed by atoms with van der Waals surface area (Å²) >= 11 is 0.989. The Hall–Kier alpha value is -2.56. The van der Waals surface area contributed by atoms with Gasteiger partial charge in [-0.1, -0.05) is 26.0 Å². The van der Waals surface area contributed by atoms with Gasteiger partial charge in [-0.25, -0.2) is 8.42 Å². The number of amides is 2. The monoisotopic (exact) mass is 465 g/mol. The van der Waals surface area contributed by atoms with Crippen molar-refractivity contribution >= 4 is 38.6 Å². The first kappa shape index (κ1) is 24.7. The number of thioether (sulfide) groups is 1. The number of nitrogens with one attached hydrogen (secondary N) is 1. The molecule has 31 heavy (non-hydrogen) atoms. The SMILES string of the molecule is CCN(CC)S(=O)(=O)c1cc(C(=O)Nc2ccccc2SC(=O)N(C)C)ccc1OC. The third-order valence-corrected chi connectivity index (χ3v) is 7.63. The fourth-order valence-electron chi connectivity index (χ4n) is 2.76. The molecule has 1 N–H and O–H groups in total. The lowest BCUT2D eigenvalue weighted by molar-refractivity contribution is 0.102. The van der Waals surface area contributed by atoms with Gasteiger partial charge in [0.1, 0.15) is 10.6 Å². The van der Waals surface area contributed by atoms with E-state index in [0.717, 1.165) is 11.8 Å². The number of hydrogen-bond donors (Lipinski definition) is 1. The molecule has 0 fully saturated rings. The number of nitrogens with zero attached hydrogens (tertiary/aromatic N) is 2. The molecule has 2 aromatic rings. The van der Waals surface area contributed by atoms with Crippen LogP contribution in [-0.2, 0) is 10.0 Å². The second kappa shape index (κ2) is 10.7. The Morgan fingerprint density at radius 1 is 1.06 bits per heavy atom. The molecule has 2 amide bonds. The van der Waals surface area contributed by atoms with Gasteiger partial charge in [-0.15, -0.1) is 0 Å². The van der Waals surface area contributed by atoms with Crippen LogP contribution in [0.5, 0.6) is 5.75 Å². The maximum atomic E-state index is 13.0. The molecule has 10 heteroatoms. The molecule has 0 heterocycles. The Bertz CT molecular complexity index is 1050. The lowest BCUT2D eigenvalue weighted by atomic mass is 10.2. The van der Waals surface area contributed by atoms with E-state index in [0.29, 0.717) is 23.7 Å². The lowest BCUT2D eigenvalue weighted by Gasteiger charge is -2.20. The number of benzene rings is 2. The first-order chi connectivity index (χ1) is 14.6. The third-order valence-electron chi connectivity index (χ3n) is 4.45. The van der Waals surface area contributed by atoms with E-state index in [4.69, 9.17) is 4.74 Å². The van der Waals surface area contributed by atoms with Crippen LogP contribution in [0.2, 0.25) is 0 Å². The minimum absolute atomic E-state index is 0.0724. The summed E-state index contributed by atoms with van der Waals surface area (Å²) in [7, 11) is 0.837. The highest BCUT2D eigenvalue weighted by Crippen LogP contribution is 2.31. The van der Waals surface area contributed by atoms with E-state index in [1.165, 1.54) is 34.5 Å². The highest BCUT2D eigenvalue weighted by atomic mass is 32.2. The Morgan fingerprint density at radius 2 is 1.71 bits per heavy atom. The summed E-state index contributed by atoms with van der Waals surface area (Å²) in [5.41, 5.74) is 0.613. The number of sulfonamides is 1. The first-order valence-electron chi connectivity index (χ1n) is 9.63. The van der Waals surface area contributed by atoms with Crippen molar-refractivity contribution in [1.82, 2.24) is 9.21 Å². The first-order valence-corrected chi connectivity index (χ1v) is 11.9. The fraction of sp³-hybridized carbons (Fsp3) is 0.333. The molecule has 2 rings (SSSR count). The number of hydrogen-bond acceptors (Lipinski definition) is 6. The van der Waals surface area contributed by atoms with Gasteiger partial charge in [0.05, 0.1) is 12.8 Å². The lowest BCUT2D eigenvalue weighted by Crippen LogP contribution is -2.31. The van der Waals surface area contributed by atoms with Crippen molar-refractivity contribution in [2.75, 3.05) is 39.6 Å². The van der Waals surface area contributed by atoms with Crippen LogP contribution in [0.3, 0.4) is 0 Å². The minimum Gasteiger partial charge on any atom is -0.495 e. The molecule has 0 atom stereocenters. The van der Waals surface area contributed by atoms with E-state index in [1.807, 2.05) is 0 Å². The molecule has 0 aromatic heterocycles. The molecule has 168 valence electrons. The molecule has 0 aliphatic carbocycles. The van der Waals surface area contributed by atoms with E-state index in [1.54, 1.807) is 52.2 Å². The smallest absolute Gasteiger partial charge is 0.286 e. The molecule has 0 aliphatic heterocycles. The number of carbonyl (C=O) groups excluding carboxylic acids is 2. The Balaban J connectivity index is 2.39. The van der Waals surface area contributed by atoms with Gasteiger partial charge < -0.3 is 15.0 Å². The van der Waals surface area contributed by atoms with Crippen LogP contribution >= 0.6 is 11.8 Å². The van der Waals surface area contributed by atoms with Crippen LogP contribution in [0.15, 0.2) is 52.3 Å². The van der Waals surface area contributed by atoms with E-state index >= 15 is 0 Å². The molecule has 0 unspecified atom stereocenters. The molecule has 0 saturated heterocycles. The third kappa shape index (κ3) is 5.78. The quantitative estimate of drug-likeness (QED) is 0.597. The van der Waals surface area contributed by atoms with Crippen molar-refractivity contribution < 1.29 is 22.7 Å². The average molecular weight is 466 g/mol. The van der Waals surface area contributed by atoms with Crippen molar-refractivity contribution in [2.24, 2.45) is 0 Å². The number of para-hydroxylation sites is 1. The highest BCUT2D eigenvalue weighted by Gasteiger charge is 2.27. The van der Waals surface area contributed by atoms with Gasteiger partial charge in [0.15, 0.2) is 0 Å². The molecule has 8 nitrogen and oxygen atoms in total. The second-order valence-electron chi connectivity index (χ2n) is 6.67. The summed E-state index contributed by atoms with van der Waals surface area (Å²) in [6.07, 6.45) is 0. The predicted molar refractivity (Wildman–Crippen MR) is 122 cm³/mol. The normalized spacial score (nSPS) is 11.3. The van der Waals surface area contributed by atoms with E-state index in [2.05, 4.69) is 5.32 Å². The zero-order valence-corrected chi connectivity index (χ0v) is 19.8. The van der Waals surface area contributed by atoms with Gasteiger partial charge in [-0.3, -0.25) is 9.59 Å². The maximum absolute atomic E-state index is 13.0. The zero-order valence-electron chi connectivity index (χ0n) is 18.2. The Labute approximate surface area is 187 Å². The fourth-order valence-corrected chi connectivity index (χ4v) is 5.15. The van der Waals surface area contributed by atoms with Gasteiger partial charge in [0, 0.05) is 37.6 Å². The number of carbonyl (C=O) groups is 2. The predicted octanol–water partition coefficient (Wildman–Crippen LogP) is 3.75. The van der Waals surface area contributed by atoms with Crippen molar-refractivity contribution in [3.05, 3.63) is 48.0 Å². The number of anilines is 1.